The van der Waals surface area contributed by atoms with Gasteiger partial charge < -0.3 is 15.1 Å². The predicted molar refractivity (Wildman–Crippen MR) is 98.8 cm³/mol. The minimum Gasteiger partial charge on any atom is -0.344 e. The first kappa shape index (κ1) is 17.6. The van der Waals surface area contributed by atoms with Crippen molar-refractivity contribution in [1.82, 2.24) is 10.2 Å². The van der Waals surface area contributed by atoms with Gasteiger partial charge >= 0.3 is 0 Å². The number of thiophene rings is 1. The number of hydrogen-bond donors (Lipinski definition) is 2. The Balaban J connectivity index is 1.44. The summed E-state index contributed by atoms with van der Waals surface area (Å²) in [5.41, 5.74) is 0.730. The maximum Gasteiger partial charge on any atom is 0.275 e. The van der Waals surface area contributed by atoms with Crippen LogP contribution in [0, 0.1) is 0 Å². The Hall–Kier alpha value is -2.18. The first-order valence-electron chi connectivity index (χ1n) is 8.64. The minimum absolute atomic E-state index is 0.0489. The van der Waals surface area contributed by atoms with Crippen LogP contribution >= 0.6 is 11.3 Å². The van der Waals surface area contributed by atoms with Gasteiger partial charge in [0.25, 0.3) is 11.8 Å². The lowest BCUT2D eigenvalue weighted by atomic mass is 10.2. The number of hydrogen-bond acceptors (Lipinski definition) is 3. The molecule has 132 valence electrons. The van der Waals surface area contributed by atoms with Gasteiger partial charge in [0, 0.05) is 10.4 Å². The summed E-state index contributed by atoms with van der Waals surface area (Å²) < 4.78 is 0. The molecule has 0 unspecified atom stereocenters. The SMILES string of the molecule is C[C@H](NC(=O)C[NH+]1CCN(C(=O)c2ccccc2)CC1)c1cccs1. The summed E-state index contributed by atoms with van der Waals surface area (Å²) in [7, 11) is 0. The molecule has 2 heterocycles. The Labute approximate surface area is 152 Å². The van der Waals surface area contributed by atoms with Gasteiger partial charge in [0.1, 0.15) is 0 Å². The normalized spacial score (nSPS) is 16.4. The fraction of sp³-hybridized carbons (Fsp3) is 0.368. The number of nitrogens with one attached hydrogen (secondary N) is 2. The van der Waals surface area contributed by atoms with Gasteiger partial charge in [-0.05, 0) is 30.5 Å². The third-order valence-electron chi connectivity index (χ3n) is 4.54. The van der Waals surface area contributed by atoms with Gasteiger partial charge in [0.2, 0.25) is 0 Å². The summed E-state index contributed by atoms with van der Waals surface area (Å²) in [5.74, 6) is 0.147. The molecular formula is C19H24N3O2S+. The van der Waals surface area contributed by atoms with Crippen molar-refractivity contribution in [3.63, 3.8) is 0 Å². The lowest BCUT2D eigenvalue weighted by Crippen LogP contribution is -3.15. The van der Waals surface area contributed by atoms with E-state index in [-0.39, 0.29) is 17.9 Å². The summed E-state index contributed by atoms with van der Waals surface area (Å²) in [6.45, 7) is 5.46. The summed E-state index contributed by atoms with van der Waals surface area (Å²) in [6.07, 6.45) is 0. The quantitative estimate of drug-likeness (QED) is 0.837. The van der Waals surface area contributed by atoms with Crippen molar-refractivity contribution in [2.75, 3.05) is 32.7 Å². The van der Waals surface area contributed by atoms with Crippen molar-refractivity contribution in [3.8, 4) is 0 Å². The fourth-order valence-corrected chi connectivity index (χ4v) is 3.83. The molecule has 5 nitrogen and oxygen atoms in total. The molecule has 0 bridgehead atoms. The highest BCUT2D eigenvalue weighted by molar-refractivity contribution is 7.10. The van der Waals surface area contributed by atoms with Crippen LogP contribution in [0.4, 0.5) is 0 Å². The largest absolute Gasteiger partial charge is 0.344 e. The van der Waals surface area contributed by atoms with E-state index in [1.54, 1.807) is 11.3 Å². The summed E-state index contributed by atoms with van der Waals surface area (Å²) in [4.78, 5) is 29.0. The smallest absolute Gasteiger partial charge is 0.275 e. The molecule has 0 saturated carbocycles. The van der Waals surface area contributed by atoms with Gasteiger partial charge in [-0.25, -0.2) is 0 Å². The molecule has 0 spiro atoms. The Kier molecular flexibility index (Phi) is 5.83. The second-order valence-electron chi connectivity index (χ2n) is 6.39. The zero-order valence-corrected chi connectivity index (χ0v) is 15.2. The Morgan fingerprint density at radius 2 is 1.88 bits per heavy atom. The molecule has 1 saturated heterocycles. The van der Waals surface area contributed by atoms with Crippen molar-refractivity contribution in [2.45, 2.75) is 13.0 Å². The van der Waals surface area contributed by atoms with Gasteiger partial charge in [0.05, 0.1) is 32.2 Å². The number of carbonyl (C=O) groups is 2. The van der Waals surface area contributed by atoms with Crippen LogP contribution in [0.5, 0.6) is 0 Å². The van der Waals surface area contributed by atoms with Gasteiger partial charge in [-0.3, -0.25) is 9.59 Å². The monoisotopic (exact) mass is 358 g/mol. The maximum atomic E-state index is 12.4. The highest BCUT2D eigenvalue weighted by Crippen LogP contribution is 2.17. The van der Waals surface area contributed by atoms with E-state index in [1.165, 1.54) is 9.78 Å². The highest BCUT2D eigenvalue weighted by Gasteiger charge is 2.26. The molecule has 0 radical (unpaired) electrons. The molecule has 1 aliphatic rings. The van der Waals surface area contributed by atoms with Gasteiger partial charge in [-0.2, -0.15) is 0 Å². The summed E-state index contributed by atoms with van der Waals surface area (Å²) in [6, 6.07) is 13.5. The number of nitrogens with zero attached hydrogens (tertiary/aromatic N) is 1. The van der Waals surface area contributed by atoms with Crippen LogP contribution in [-0.2, 0) is 4.79 Å². The van der Waals surface area contributed by atoms with E-state index in [4.69, 9.17) is 0 Å². The van der Waals surface area contributed by atoms with Crippen molar-refractivity contribution < 1.29 is 14.5 Å². The molecule has 6 heteroatoms. The van der Waals surface area contributed by atoms with Gasteiger partial charge in [-0.15, -0.1) is 11.3 Å². The molecule has 2 aromatic rings. The molecule has 25 heavy (non-hydrogen) atoms. The van der Waals surface area contributed by atoms with Crippen LogP contribution < -0.4 is 10.2 Å². The number of benzene rings is 1. The topological polar surface area (TPSA) is 53.9 Å². The lowest BCUT2D eigenvalue weighted by molar-refractivity contribution is -0.896. The number of amides is 2. The fourth-order valence-electron chi connectivity index (χ4n) is 3.09. The van der Waals surface area contributed by atoms with E-state index >= 15 is 0 Å². The van der Waals surface area contributed by atoms with Crippen molar-refractivity contribution in [3.05, 3.63) is 58.3 Å². The van der Waals surface area contributed by atoms with Crippen LogP contribution in [0.15, 0.2) is 47.8 Å². The van der Waals surface area contributed by atoms with Crippen LogP contribution in [0.2, 0.25) is 0 Å². The number of quaternary nitrogens is 1. The standard InChI is InChI=1S/C19H23N3O2S/c1-15(17-8-5-13-25-17)20-18(23)14-21-9-11-22(12-10-21)19(24)16-6-3-2-4-7-16/h2-8,13,15H,9-12,14H2,1H3,(H,20,23)/p+1/t15-/m0/s1. The molecule has 2 amide bonds. The predicted octanol–water partition coefficient (Wildman–Crippen LogP) is 0.966. The summed E-state index contributed by atoms with van der Waals surface area (Å²) >= 11 is 1.65. The highest BCUT2D eigenvalue weighted by atomic mass is 32.1. The Morgan fingerprint density at radius 3 is 2.52 bits per heavy atom. The Morgan fingerprint density at radius 1 is 1.16 bits per heavy atom. The van der Waals surface area contributed by atoms with Crippen LogP contribution in [0.3, 0.4) is 0 Å². The van der Waals surface area contributed by atoms with Gasteiger partial charge in [0.15, 0.2) is 6.54 Å². The maximum absolute atomic E-state index is 12.4. The van der Waals surface area contributed by atoms with Crippen molar-refractivity contribution in [1.29, 1.82) is 0 Å². The van der Waals surface area contributed by atoms with E-state index in [0.29, 0.717) is 19.6 Å². The first-order valence-corrected chi connectivity index (χ1v) is 9.52. The zero-order chi connectivity index (χ0) is 17.6. The zero-order valence-electron chi connectivity index (χ0n) is 14.4. The molecule has 1 atom stereocenters. The summed E-state index contributed by atoms with van der Waals surface area (Å²) in [5, 5.41) is 5.08. The van der Waals surface area contributed by atoms with Crippen molar-refractivity contribution >= 4 is 23.2 Å². The molecule has 1 aromatic heterocycles. The molecule has 1 aliphatic heterocycles. The van der Waals surface area contributed by atoms with Crippen LogP contribution in [-0.4, -0.2) is 49.4 Å². The first-order chi connectivity index (χ1) is 12.1. The minimum atomic E-state index is 0.0489. The molecule has 2 N–H and O–H groups in total. The number of carbonyl (C=O) groups excluding carboxylic acids is 2. The van der Waals surface area contributed by atoms with Crippen molar-refractivity contribution in [2.24, 2.45) is 0 Å². The average Bonchev–Trinajstić information content (AvgIpc) is 3.17. The molecule has 0 aliphatic carbocycles. The third kappa shape index (κ3) is 4.67. The number of piperazine rings is 1. The number of rotatable bonds is 5. The van der Waals surface area contributed by atoms with Gasteiger partial charge in [-0.1, -0.05) is 24.3 Å². The molecule has 1 fully saturated rings. The Bertz CT molecular complexity index is 695. The van der Waals surface area contributed by atoms with E-state index in [2.05, 4.69) is 5.32 Å². The van der Waals surface area contributed by atoms with E-state index in [0.717, 1.165) is 18.7 Å². The van der Waals surface area contributed by atoms with E-state index < -0.39 is 0 Å². The van der Waals surface area contributed by atoms with Crippen LogP contribution in [0.25, 0.3) is 0 Å². The molecule has 1 aromatic carbocycles. The van der Waals surface area contributed by atoms with E-state index in [9.17, 15) is 9.59 Å². The molecular weight excluding hydrogens is 334 g/mol. The molecule has 3 rings (SSSR count). The average molecular weight is 358 g/mol. The second-order valence-corrected chi connectivity index (χ2v) is 7.37. The second kappa shape index (κ2) is 8.27. The van der Waals surface area contributed by atoms with Crippen LogP contribution in [0.1, 0.15) is 28.2 Å². The third-order valence-corrected chi connectivity index (χ3v) is 5.59. The lowest BCUT2D eigenvalue weighted by Gasteiger charge is -2.32. The van der Waals surface area contributed by atoms with E-state index in [1.807, 2.05) is 59.7 Å².